The molecule has 1 atom stereocenters. The normalized spacial score (nSPS) is 11.6. The number of benzene rings is 1. The van der Waals surface area contributed by atoms with Crippen molar-refractivity contribution in [3.63, 3.8) is 0 Å². The minimum absolute atomic E-state index is 0. The fraction of sp³-hybridized carbons (Fsp3) is 0.250. The van der Waals surface area contributed by atoms with E-state index in [2.05, 4.69) is 0 Å². The number of aliphatic hydroxyl groups excluding tert-OH is 1. The third-order valence-corrected chi connectivity index (χ3v) is 1.73. The van der Waals surface area contributed by atoms with Gasteiger partial charge in [-0.05, 0) is 0 Å². The van der Waals surface area contributed by atoms with Gasteiger partial charge < -0.3 is 10.8 Å². The second kappa shape index (κ2) is 5.54. The minimum atomic E-state index is -0.693. The monoisotopic (exact) mass is 218 g/mol. The predicted octanol–water partition coefficient (Wildman–Crippen LogP) is 1.01. The molecule has 0 bridgehead atoms. The molecule has 0 spiro atoms. The molecule has 6 heteroatoms. The van der Waals surface area contributed by atoms with E-state index in [1.54, 1.807) is 18.2 Å². The molecule has 5 nitrogen and oxygen atoms in total. The fourth-order valence-electron chi connectivity index (χ4n) is 1.07. The van der Waals surface area contributed by atoms with Gasteiger partial charge in [0.05, 0.1) is 17.6 Å². The number of para-hydroxylation sites is 1. The van der Waals surface area contributed by atoms with Crippen molar-refractivity contribution >= 4 is 18.1 Å². The van der Waals surface area contributed by atoms with Crippen molar-refractivity contribution < 1.29 is 10.0 Å². The molecule has 3 N–H and O–H groups in total. The number of nitro groups is 1. The first-order valence-electron chi connectivity index (χ1n) is 3.76. The molecule has 0 saturated carbocycles. The molecule has 1 rings (SSSR count). The highest BCUT2D eigenvalue weighted by atomic mass is 35.5. The van der Waals surface area contributed by atoms with E-state index in [4.69, 9.17) is 10.8 Å². The van der Waals surface area contributed by atoms with Gasteiger partial charge in [-0.1, -0.05) is 18.2 Å². The topological polar surface area (TPSA) is 89.4 Å². The summed E-state index contributed by atoms with van der Waals surface area (Å²) >= 11 is 0. The Labute approximate surface area is 87.1 Å². The Morgan fingerprint density at radius 3 is 2.57 bits per heavy atom. The first-order valence-corrected chi connectivity index (χ1v) is 3.76. The molecular weight excluding hydrogens is 208 g/mol. The lowest BCUT2D eigenvalue weighted by molar-refractivity contribution is -0.385. The summed E-state index contributed by atoms with van der Waals surface area (Å²) in [6.07, 6.45) is 0. The third-order valence-electron chi connectivity index (χ3n) is 1.73. The highest BCUT2D eigenvalue weighted by molar-refractivity contribution is 5.85. The molecule has 0 saturated heterocycles. The minimum Gasteiger partial charge on any atom is -0.394 e. The van der Waals surface area contributed by atoms with Crippen LogP contribution in [-0.4, -0.2) is 16.6 Å². The summed E-state index contributed by atoms with van der Waals surface area (Å²) < 4.78 is 0. The van der Waals surface area contributed by atoms with Gasteiger partial charge in [0.2, 0.25) is 0 Å². The fourth-order valence-corrected chi connectivity index (χ4v) is 1.07. The zero-order valence-electron chi connectivity index (χ0n) is 7.29. The van der Waals surface area contributed by atoms with Gasteiger partial charge in [0.25, 0.3) is 5.69 Å². The lowest BCUT2D eigenvalue weighted by Gasteiger charge is -2.07. The summed E-state index contributed by atoms with van der Waals surface area (Å²) in [5.74, 6) is 0. The van der Waals surface area contributed by atoms with Crippen LogP contribution < -0.4 is 5.73 Å². The van der Waals surface area contributed by atoms with E-state index in [1.807, 2.05) is 0 Å². The number of hydrogen-bond donors (Lipinski definition) is 2. The van der Waals surface area contributed by atoms with E-state index in [1.165, 1.54) is 6.07 Å². The number of aliphatic hydroxyl groups is 1. The molecule has 0 heterocycles. The maximum Gasteiger partial charge on any atom is 0.274 e. The summed E-state index contributed by atoms with van der Waals surface area (Å²) in [5, 5.41) is 19.3. The molecule has 0 fully saturated rings. The smallest absolute Gasteiger partial charge is 0.274 e. The van der Waals surface area contributed by atoms with Crippen molar-refractivity contribution in [3.05, 3.63) is 39.9 Å². The van der Waals surface area contributed by atoms with E-state index in [9.17, 15) is 10.1 Å². The number of halogens is 1. The van der Waals surface area contributed by atoms with Crippen LogP contribution in [0.3, 0.4) is 0 Å². The second-order valence-electron chi connectivity index (χ2n) is 2.60. The number of rotatable bonds is 3. The van der Waals surface area contributed by atoms with Crippen molar-refractivity contribution in [1.29, 1.82) is 0 Å². The molecule has 0 amide bonds. The van der Waals surface area contributed by atoms with Gasteiger partial charge in [-0.2, -0.15) is 0 Å². The van der Waals surface area contributed by atoms with E-state index < -0.39 is 11.0 Å². The van der Waals surface area contributed by atoms with E-state index in [-0.39, 0.29) is 24.7 Å². The van der Waals surface area contributed by atoms with Gasteiger partial charge in [0, 0.05) is 11.6 Å². The summed E-state index contributed by atoms with van der Waals surface area (Å²) in [4.78, 5) is 10.0. The second-order valence-corrected chi connectivity index (χ2v) is 2.60. The maximum atomic E-state index is 10.5. The van der Waals surface area contributed by atoms with E-state index in [0.717, 1.165) is 0 Å². The average molecular weight is 219 g/mol. The first kappa shape index (κ1) is 12.8. The van der Waals surface area contributed by atoms with Crippen molar-refractivity contribution in [2.24, 2.45) is 5.73 Å². The molecule has 0 radical (unpaired) electrons. The standard InChI is InChI=1S/C8H10N2O3.ClH/c9-7(5-11)6-3-1-2-4-8(6)10(12)13;/h1-4,7,11H,5,9H2;1H/t7-;/m0./s1. The zero-order chi connectivity index (χ0) is 9.84. The largest absolute Gasteiger partial charge is 0.394 e. The van der Waals surface area contributed by atoms with Crippen LogP contribution in [-0.2, 0) is 0 Å². The molecular formula is C8H11ClN2O3. The molecule has 0 aliphatic rings. The molecule has 14 heavy (non-hydrogen) atoms. The number of nitrogens with two attached hydrogens (primary N) is 1. The van der Waals surface area contributed by atoms with Crippen LogP contribution in [0.2, 0.25) is 0 Å². The summed E-state index contributed by atoms with van der Waals surface area (Å²) in [6, 6.07) is 5.43. The van der Waals surface area contributed by atoms with Gasteiger partial charge in [-0.3, -0.25) is 10.1 Å². The molecule has 0 unspecified atom stereocenters. The summed E-state index contributed by atoms with van der Waals surface area (Å²) in [7, 11) is 0. The number of nitrogens with zero attached hydrogens (tertiary/aromatic N) is 1. The van der Waals surface area contributed by atoms with Crippen LogP contribution >= 0.6 is 12.4 Å². The van der Waals surface area contributed by atoms with E-state index >= 15 is 0 Å². The van der Waals surface area contributed by atoms with Crippen molar-refractivity contribution in [2.75, 3.05) is 6.61 Å². The highest BCUT2D eigenvalue weighted by Crippen LogP contribution is 2.22. The number of hydrogen-bond acceptors (Lipinski definition) is 4. The zero-order valence-corrected chi connectivity index (χ0v) is 8.11. The van der Waals surface area contributed by atoms with Gasteiger partial charge in [0.15, 0.2) is 0 Å². The van der Waals surface area contributed by atoms with Crippen molar-refractivity contribution in [2.45, 2.75) is 6.04 Å². The van der Waals surface area contributed by atoms with Crippen molar-refractivity contribution in [3.8, 4) is 0 Å². The third kappa shape index (κ3) is 2.66. The Kier molecular flexibility index (Phi) is 5.07. The van der Waals surface area contributed by atoms with Crippen LogP contribution in [0.4, 0.5) is 5.69 Å². The van der Waals surface area contributed by atoms with Gasteiger partial charge in [0.1, 0.15) is 0 Å². The van der Waals surface area contributed by atoms with E-state index in [0.29, 0.717) is 5.56 Å². The van der Waals surface area contributed by atoms with Crippen LogP contribution in [0.5, 0.6) is 0 Å². The summed E-state index contributed by atoms with van der Waals surface area (Å²) in [5.41, 5.74) is 5.78. The van der Waals surface area contributed by atoms with Crippen LogP contribution in [0.1, 0.15) is 11.6 Å². The molecule has 0 aliphatic carbocycles. The Balaban J connectivity index is 0.00000169. The Hall–Kier alpha value is -1.17. The Bertz CT molecular complexity index is 319. The first-order chi connectivity index (χ1) is 6.16. The van der Waals surface area contributed by atoms with Gasteiger partial charge in [-0.25, -0.2) is 0 Å². The lowest BCUT2D eigenvalue weighted by Crippen LogP contribution is -2.15. The quantitative estimate of drug-likeness (QED) is 0.585. The van der Waals surface area contributed by atoms with Gasteiger partial charge >= 0.3 is 0 Å². The molecule has 78 valence electrons. The van der Waals surface area contributed by atoms with Crippen LogP contribution in [0, 0.1) is 10.1 Å². The molecule has 1 aromatic rings. The average Bonchev–Trinajstić information content (AvgIpc) is 2.16. The summed E-state index contributed by atoms with van der Waals surface area (Å²) in [6.45, 7) is -0.301. The van der Waals surface area contributed by atoms with Crippen molar-refractivity contribution in [1.82, 2.24) is 0 Å². The molecule has 0 aromatic heterocycles. The highest BCUT2D eigenvalue weighted by Gasteiger charge is 2.17. The Morgan fingerprint density at radius 2 is 2.07 bits per heavy atom. The molecule has 0 aliphatic heterocycles. The lowest BCUT2D eigenvalue weighted by atomic mass is 10.1. The van der Waals surface area contributed by atoms with Crippen LogP contribution in [0.15, 0.2) is 24.3 Å². The molecule has 1 aromatic carbocycles. The number of nitro benzene ring substituents is 1. The predicted molar refractivity (Wildman–Crippen MR) is 54.4 cm³/mol. The Morgan fingerprint density at radius 1 is 1.50 bits per heavy atom. The van der Waals surface area contributed by atoms with Gasteiger partial charge in [-0.15, -0.1) is 12.4 Å². The maximum absolute atomic E-state index is 10.5. The SMILES string of the molecule is Cl.N[C@@H](CO)c1ccccc1[N+](=O)[O-]. The van der Waals surface area contributed by atoms with Crippen LogP contribution in [0.25, 0.3) is 0 Å².